The molecule has 0 saturated carbocycles. The maximum atomic E-state index is 12.2. The number of likely N-dealkylation sites (N-methyl/N-ethyl adjacent to an activating group) is 1. The molecule has 0 aliphatic carbocycles. The molecule has 0 aromatic heterocycles. The lowest BCUT2D eigenvalue weighted by molar-refractivity contribution is -0.118. The van der Waals surface area contributed by atoms with Crippen molar-refractivity contribution in [2.24, 2.45) is 0 Å². The van der Waals surface area contributed by atoms with Gasteiger partial charge in [0.15, 0.2) is 11.5 Å². The zero-order valence-corrected chi connectivity index (χ0v) is 12.1. The van der Waals surface area contributed by atoms with Gasteiger partial charge < -0.3 is 20.1 Å². The Labute approximate surface area is 119 Å². The van der Waals surface area contributed by atoms with Gasteiger partial charge in [-0.15, -0.1) is 0 Å². The van der Waals surface area contributed by atoms with Crippen LogP contribution in [0.5, 0.6) is 11.5 Å². The van der Waals surface area contributed by atoms with Crippen molar-refractivity contribution in [1.82, 2.24) is 5.32 Å². The highest BCUT2D eigenvalue weighted by atomic mass is 16.6. The third-order valence-corrected chi connectivity index (χ3v) is 3.32. The maximum Gasteiger partial charge on any atom is 0.241 e. The number of fused-ring (bicyclic) bond motifs is 1. The molecule has 1 amide bonds. The highest BCUT2D eigenvalue weighted by molar-refractivity contribution is 5.95. The Morgan fingerprint density at radius 2 is 2.05 bits per heavy atom. The van der Waals surface area contributed by atoms with Crippen molar-refractivity contribution in [2.75, 3.05) is 25.6 Å². The van der Waals surface area contributed by atoms with E-state index in [0.717, 1.165) is 30.7 Å². The average Bonchev–Trinajstić information content (AvgIpc) is 2.48. The zero-order chi connectivity index (χ0) is 14.4. The Kier molecular flexibility index (Phi) is 5.24. The molecular formula is C15H22N2O3. The summed E-state index contributed by atoms with van der Waals surface area (Å²) in [7, 11) is 1.81. The van der Waals surface area contributed by atoms with E-state index in [-0.39, 0.29) is 11.9 Å². The molecule has 2 N–H and O–H groups in total. The van der Waals surface area contributed by atoms with E-state index in [1.54, 1.807) is 6.07 Å². The lowest BCUT2D eigenvalue weighted by Gasteiger charge is -2.20. The summed E-state index contributed by atoms with van der Waals surface area (Å²) < 4.78 is 11.0. The van der Waals surface area contributed by atoms with Crippen LogP contribution in [0, 0.1) is 0 Å². The van der Waals surface area contributed by atoms with E-state index in [1.807, 2.05) is 19.2 Å². The molecule has 1 aliphatic heterocycles. The molecule has 0 radical (unpaired) electrons. The van der Waals surface area contributed by atoms with Gasteiger partial charge in [0.1, 0.15) is 13.2 Å². The van der Waals surface area contributed by atoms with Gasteiger partial charge in [-0.05, 0) is 25.6 Å². The fourth-order valence-corrected chi connectivity index (χ4v) is 2.17. The minimum atomic E-state index is -0.164. The van der Waals surface area contributed by atoms with Crippen LogP contribution in [-0.2, 0) is 4.79 Å². The summed E-state index contributed by atoms with van der Waals surface area (Å²) in [6.07, 6.45) is 2.94. The molecule has 1 unspecified atom stereocenters. The molecule has 20 heavy (non-hydrogen) atoms. The van der Waals surface area contributed by atoms with Crippen LogP contribution in [0.15, 0.2) is 18.2 Å². The van der Waals surface area contributed by atoms with E-state index in [0.29, 0.717) is 19.0 Å². The first kappa shape index (κ1) is 14.7. The van der Waals surface area contributed by atoms with Gasteiger partial charge in [0, 0.05) is 11.8 Å². The number of unbranched alkanes of at least 4 members (excludes halogenated alkanes) is 1. The third kappa shape index (κ3) is 3.63. The first-order valence-corrected chi connectivity index (χ1v) is 7.12. The summed E-state index contributed by atoms with van der Waals surface area (Å²) in [5.74, 6) is 1.40. The van der Waals surface area contributed by atoms with Gasteiger partial charge in [0.2, 0.25) is 5.91 Å². The standard InChI is InChI=1S/C15H22N2O3/c1-3-4-5-12(16-2)15(18)17-11-6-7-13-14(10-11)20-9-8-19-13/h6-7,10,12,16H,3-5,8-9H2,1-2H3,(H,17,18). The third-order valence-electron chi connectivity index (χ3n) is 3.32. The van der Waals surface area contributed by atoms with Crippen molar-refractivity contribution in [3.05, 3.63) is 18.2 Å². The molecular weight excluding hydrogens is 256 g/mol. The first-order chi connectivity index (χ1) is 9.74. The van der Waals surface area contributed by atoms with Crippen molar-refractivity contribution in [3.63, 3.8) is 0 Å². The van der Waals surface area contributed by atoms with Crippen molar-refractivity contribution in [3.8, 4) is 11.5 Å². The quantitative estimate of drug-likeness (QED) is 0.837. The molecule has 2 rings (SSSR count). The van der Waals surface area contributed by atoms with Crippen LogP contribution in [0.4, 0.5) is 5.69 Å². The zero-order valence-electron chi connectivity index (χ0n) is 12.1. The second kappa shape index (κ2) is 7.14. The maximum absolute atomic E-state index is 12.2. The molecule has 5 nitrogen and oxygen atoms in total. The molecule has 0 spiro atoms. The van der Waals surface area contributed by atoms with Crippen molar-refractivity contribution >= 4 is 11.6 Å². The molecule has 1 aromatic carbocycles. The predicted octanol–water partition coefficient (Wildman–Crippen LogP) is 2.17. The fraction of sp³-hybridized carbons (Fsp3) is 0.533. The molecule has 0 fully saturated rings. The van der Waals surface area contributed by atoms with E-state index < -0.39 is 0 Å². The van der Waals surface area contributed by atoms with E-state index in [4.69, 9.17) is 9.47 Å². The molecule has 110 valence electrons. The number of hydrogen-bond acceptors (Lipinski definition) is 4. The van der Waals surface area contributed by atoms with Gasteiger partial charge in [-0.25, -0.2) is 0 Å². The number of carbonyl (C=O) groups excluding carboxylic acids is 1. The van der Waals surface area contributed by atoms with Crippen LogP contribution < -0.4 is 20.1 Å². The summed E-state index contributed by atoms with van der Waals surface area (Å²) in [6, 6.07) is 5.30. The van der Waals surface area contributed by atoms with Crippen LogP contribution in [0.2, 0.25) is 0 Å². The molecule has 0 saturated heterocycles. The smallest absolute Gasteiger partial charge is 0.241 e. The summed E-state index contributed by atoms with van der Waals surface area (Å²) in [6.45, 7) is 3.23. The topological polar surface area (TPSA) is 59.6 Å². The summed E-state index contributed by atoms with van der Waals surface area (Å²) in [5, 5.41) is 5.97. The van der Waals surface area contributed by atoms with E-state index in [9.17, 15) is 4.79 Å². The van der Waals surface area contributed by atoms with Crippen LogP contribution in [0.3, 0.4) is 0 Å². The number of ether oxygens (including phenoxy) is 2. The molecule has 5 heteroatoms. The van der Waals surface area contributed by atoms with Crippen LogP contribution in [-0.4, -0.2) is 32.2 Å². The SMILES string of the molecule is CCCCC(NC)C(=O)Nc1ccc2c(c1)OCCO2. The molecule has 1 heterocycles. The fourth-order valence-electron chi connectivity index (χ4n) is 2.17. The number of rotatable bonds is 6. The summed E-state index contributed by atoms with van der Waals surface area (Å²) >= 11 is 0. The number of carbonyl (C=O) groups is 1. The summed E-state index contributed by atoms with van der Waals surface area (Å²) in [5.41, 5.74) is 0.732. The Bertz CT molecular complexity index is 462. The normalized spacial score (nSPS) is 14.7. The minimum Gasteiger partial charge on any atom is -0.486 e. The van der Waals surface area contributed by atoms with Gasteiger partial charge in [-0.1, -0.05) is 19.8 Å². The van der Waals surface area contributed by atoms with Gasteiger partial charge in [-0.3, -0.25) is 4.79 Å². The Balaban J connectivity index is 1.99. The van der Waals surface area contributed by atoms with Crippen molar-refractivity contribution in [1.29, 1.82) is 0 Å². The first-order valence-electron chi connectivity index (χ1n) is 7.12. The number of hydrogen-bond donors (Lipinski definition) is 2. The highest BCUT2D eigenvalue weighted by Crippen LogP contribution is 2.32. The molecule has 0 bridgehead atoms. The Morgan fingerprint density at radius 1 is 1.30 bits per heavy atom. The van der Waals surface area contributed by atoms with Gasteiger partial charge in [0.25, 0.3) is 0 Å². The number of amides is 1. The molecule has 1 aliphatic rings. The lowest BCUT2D eigenvalue weighted by atomic mass is 10.1. The summed E-state index contributed by atoms with van der Waals surface area (Å²) in [4.78, 5) is 12.2. The molecule has 1 aromatic rings. The second-order valence-corrected chi connectivity index (χ2v) is 4.83. The Morgan fingerprint density at radius 3 is 2.75 bits per heavy atom. The van der Waals surface area contributed by atoms with Gasteiger partial charge >= 0.3 is 0 Å². The van der Waals surface area contributed by atoms with E-state index in [1.165, 1.54) is 0 Å². The highest BCUT2D eigenvalue weighted by Gasteiger charge is 2.17. The average molecular weight is 278 g/mol. The van der Waals surface area contributed by atoms with E-state index >= 15 is 0 Å². The number of anilines is 1. The van der Waals surface area contributed by atoms with Crippen LogP contribution in [0.25, 0.3) is 0 Å². The predicted molar refractivity (Wildman–Crippen MR) is 78.4 cm³/mol. The van der Waals surface area contributed by atoms with Crippen LogP contribution >= 0.6 is 0 Å². The number of nitrogens with one attached hydrogen (secondary N) is 2. The van der Waals surface area contributed by atoms with Gasteiger partial charge in [0.05, 0.1) is 6.04 Å². The second-order valence-electron chi connectivity index (χ2n) is 4.83. The van der Waals surface area contributed by atoms with Crippen LogP contribution in [0.1, 0.15) is 26.2 Å². The monoisotopic (exact) mass is 278 g/mol. The van der Waals surface area contributed by atoms with Crippen molar-refractivity contribution < 1.29 is 14.3 Å². The minimum absolute atomic E-state index is 0.0161. The number of benzene rings is 1. The molecule has 1 atom stereocenters. The lowest BCUT2D eigenvalue weighted by Crippen LogP contribution is -2.38. The van der Waals surface area contributed by atoms with E-state index in [2.05, 4.69) is 17.6 Å². The van der Waals surface area contributed by atoms with Gasteiger partial charge in [-0.2, -0.15) is 0 Å². The Hall–Kier alpha value is -1.75. The van der Waals surface area contributed by atoms with Crippen molar-refractivity contribution in [2.45, 2.75) is 32.2 Å². The largest absolute Gasteiger partial charge is 0.486 e.